The third kappa shape index (κ3) is 1.85. The Morgan fingerprint density at radius 1 is 1.33 bits per heavy atom. The molecule has 2 aromatic rings. The van der Waals surface area contributed by atoms with E-state index in [-0.39, 0.29) is 5.41 Å². The molecule has 0 saturated heterocycles. The summed E-state index contributed by atoms with van der Waals surface area (Å²) in [6.45, 7) is 0. The third-order valence-corrected chi connectivity index (χ3v) is 4.03. The fourth-order valence-electron chi connectivity index (χ4n) is 2.46. The van der Waals surface area contributed by atoms with E-state index >= 15 is 0 Å². The van der Waals surface area contributed by atoms with Gasteiger partial charge in [-0.3, -0.25) is 0 Å². The number of rotatable bonds is 3. The standard InChI is InChI=1S/C13H12N4S/c14-9-13(10-4-2-1-3-5-10)6-11(7-13)16-12-8-15-17-18-12/h1-5,8,11,16H,6-7H2. The van der Waals surface area contributed by atoms with Crippen molar-refractivity contribution in [2.45, 2.75) is 24.3 Å². The molecule has 0 bridgehead atoms. The van der Waals surface area contributed by atoms with Gasteiger partial charge in [0.25, 0.3) is 0 Å². The summed E-state index contributed by atoms with van der Waals surface area (Å²) in [5.41, 5.74) is 0.796. The van der Waals surface area contributed by atoms with E-state index in [4.69, 9.17) is 0 Å². The smallest absolute Gasteiger partial charge is 0.130 e. The van der Waals surface area contributed by atoms with Crippen molar-refractivity contribution in [3.8, 4) is 6.07 Å². The zero-order valence-electron chi connectivity index (χ0n) is 9.71. The van der Waals surface area contributed by atoms with Crippen LogP contribution in [0.3, 0.4) is 0 Å². The van der Waals surface area contributed by atoms with Crippen molar-refractivity contribution in [3.05, 3.63) is 42.1 Å². The lowest BCUT2D eigenvalue weighted by atomic mass is 9.62. The van der Waals surface area contributed by atoms with Crippen molar-refractivity contribution in [1.82, 2.24) is 9.59 Å². The van der Waals surface area contributed by atoms with E-state index in [0.29, 0.717) is 6.04 Å². The van der Waals surface area contributed by atoms with Crippen LogP contribution in [0.1, 0.15) is 18.4 Å². The van der Waals surface area contributed by atoms with Crippen molar-refractivity contribution >= 4 is 16.5 Å². The lowest BCUT2D eigenvalue weighted by Gasteiger charge is -2.43. The highest BCUT2D eigenvalue weighted by Crippen LogP contribution is 2.44. The van der Waals surface area contributed by atoms with Gasteiger partial charge in [-0.25, -0.2) is 0 Å². The molecular formula is C13H12N4S. The summed E-state index contributed by atoms with van der Waals surface area (Å²) < 4.78 is 3.81. The van der Waals surface area contributed by atoms with Gasteiger partial charge in [-0.1, -0.05) is 34.8 Å². The molecule has 1 aromatic carbocycles. The SMILES string of the molecule is N#CC1(c2ccccc2)CC(Nc2cnns2)C1. The molecule has 0 amide bonds. The third-order valence-electron chi connectivity index (χ3n) is 3.44. The fraction of sp³-hybridized carbons (Fsp3) is 0.308. The Morgan fingerprint density at radius 3 is 2.72 bits per heavy atom. The Bertz CT molecular complexity index is 552. The summed E-state index contributed by atoms with van der Waals surface area (Å²) in [4.78, 5) is 0. The maximum Gasteiger partial charge on any atom is 0.130 e. The van der Waals surface area contributed by atoms with Gasteiger partial charge in [0.05, 0.1) is 17.7 Å². The van der Waals surface area contributed by atoms with Crippen LogP contribution in [0.4, 0.5) is 5.00 Å². The van der Waals surface area contributed by atoms with Crippen LogP contribution in [0.2, 0.25) is 0 Å². The van der Waals surface area contributed by atoms with E-state index < -0.39 is 0 Å². The Labute approximate surface area is 109 Å². The first kappa shape index (κ1) is 11.2. The molecular weight excluding hydrogens is 244 g/mol. The van der Waals surface area contributed by atoms with E-state index in [1.54, 1.807) is 6.20 Å². The summed E-state index contributed by atoms with van der Waals surface area (Å²) in [7, 11) is 0. The summed E-state index contributed by atoms with van der Waals surface area (Å²) >= 11 is 1.35. The van der Waals surface area contributed by atoms with E-state index in [0.717, 1.165) is 23.4 Å². The van der Waals surface area contributed by atoms with Crippen LogP contribution in [0.5, 0.6) is 0 Å². The number of nitrogens with one attached hydrogen (secondary N) is 1. The minimum atomic E-state index is -0.322. The molecule has 1 saturated carbocycles. The number of hydrogen-bond acceptors (Lipinski definition) is 5. The maximum atomic E-state index is 9.43. The average Bonchev–Trinajstić information content (AvgIpc) is 2.87. The first-order valence-electron chi connectivity index (χ1n) is 5.83. The molecule has 1 aromatic heterocycles. The summed E-state index contributed by atoms with van der Waals surface area (Å²) in [6.07, 6.45) is 3.40. The monoisotopic (exact) mass is 256 g/mol. The lowest BCUT2D eigenvalue weighted by Crippen LogP contribution is -2.47. The van der Waals surface area contributed by atoms with Gasteiger partial charge in [-0.2, -0.15) is 5.26 Å². The topological polar surface area (TPSA) is 61.6 Å². The van der Waals surface area contributed by atoms with Crippen LogP contribution in [0.15, 0.2) is 36.5 Å². The summed E-state index contributed by atoms with van der Waals surface area (Å²) in [5.74, 6) is 0. The predicted octanol–water partition coefficient (Wildman–Crippen LogP) is 2.57. The molecule has 3 rings (SSSR count). The van der Waals surface area contributed by atoms with Crippen LogP contribution in [0, 0.1) is 11.3 Å². The quantitative estimate of drug-likeness (QED) is 0.916. The Kier molecular flexibility index (Phi) is 2.73. The molecule has 18 heavy (non-hydrogen) atoms. The van der Waals surface area contributed by atoms with Crippen LogP contribution < -0.4 is 5.32 Å². The van der Waals surface area contributed by atoms with Gasteiger partial charge < -0.3 is 5.32 Å². The maximum absolute atomic E-state index is 9.43. The minimum Gasteiger partial charge on any atom is -0.371 e. The lowest BCUT2D eigenvalue weighted by molar-refractivity contribution is 0.290. The van der Waals surface area contributed by atoms with Crippen molar-refractivity contribution in [2.24, 2.45) is 0 Å². The molecule has 0 spiro atoms. The molecule has 0 radical (unpaired) electrons. The number of nitrogens with zero attached hydrogens (tertiary/aromatic N) is 3. The number of benzene rings is 1. The number of aromatic nitrogens is 2. The van der Waals surface area contributed by atoms with Gasteiger partial charge in [-0.15, -0.1) is 5.10 Å². The highest BCUT2D eigenvalue weighted by atomic mass is 32.1. The molecule has 5 heteroatoms. The normalized spacial score (nSPS) is 26.1. The zero-order chi connectivity index (χ0) is 12.4. The van der Waals surface area contributed by atoms with E-state index in [9.17, 15) is 5.26 Å². The number of anilines is 1. The molecule has 1 fully saturated rings. The molecule has 1 N–H and O–H groups in total. The van der Waals surface area contributed by atoms with Gasteiger partial charge in [0.15, 0.2) is 0 Å². The molecule has 1 aliphatic rings. The molecule has 4 nitrogen and oxygen atoms in total. The Balaban J connectivity index is 1.70. The van der Waals surface area contributed by atoms with Gasteiger partial charge >= 0.3 is 0 Å². The molecule has 0 aliphatic heterocycles. The Morgan fingerprint density at radius 2 is 2.11 bits per heavy atom. The second-order valence-electron chi connectivity index (χ2n) is 4.59. The van der Waals surface area contributed by atoms with Crippen molar-refractivity contribution in [2.75, 3.05) is 5.32 Å². The highest BCUT2D eigenvalue weighted by molar-refractivity contribution is 7.09. The van der Waals surface area contributed by atoms with Crippen molar-refractivity contribution in [3.63, 3.8) is 0 Å². The molecule has 90 valence electrons. The van der Waals surface area contributed by atoms with Gasteiger partial charge in [0, 0.05) is 17.6 Å². The van der Waals surface area contributed by atoms with Crippen LogP contribution >= 0.6 is 11.5 Å². The first-order valence-corrected chi connectivity index (χ1v) is 6.60. The average molecular weight is 256 g/mol. The van der Waals surface area contributed by atoms with E-state index in [1.165, 1.54) is 11.5 Å². The zero-order valence-corrected chi connectivity index (χ0v) is 10.5. The fourth-order valence-corrected chi connectivity index (χ4v) is 2.96. The van der Waals surface area contributed by atoms with Gasteiger partial charge in [0.2, 0.25) is 0 Å². The molecule has 0 atom stereocenters. The van der Waals surface area contributed by atoms with Crippen LogP contribution in [-0.4, -0.2) is 15.6 Å². The van der Waals surface area contributed by atoms with Crippen LogP contribution in [0.25, 0.3) is 0 Å². The second kappa shape index (κ2) is 4.39. The van der Waals surface area contributed by atoms with Crippen molar-refractivity contribution < 1.29 is 0 Å². The summed E-state index contributed by atoms with van der Waals surface area (Å²) in [6, 6.07) is 12.8. The molecule has 1 heterocycles. The second-order valence-corrected chi connectivity index (χ2v) is 5.38. The van der Waals surface area contributed by atoms with E-state index in [1.807, 2.05) is 30.3 Å². The van der Waals surface area contributed by atoms with Gasteiger partial charge in [0.1, 0.15) is 5.00 Å². The van der Waals surface area contributed by atoms with Gasteiger partial charge in [-0.05, 0) is 18.4 Å². The highest BCUT2D eigenvalue weighted by Gasteiger charge is 2.46. The number of nitriles is 1. The predicted molar refractivity (Wildman–Crippen MR) is 70.3 cm³/mol. The minimum absolute atomic E-state index is 0.322. The van der Waals surface area contributed by atoms with Crippen molar-refractivity contribution in [1.29, 1.82) is 5.26 Å². The first-order chi connectivity index (χ1) is 8.82. The molecule has 0 unspecified atom stereocenters. The number of hydrogen-bond donors (Lipinski definition) is 1. The summed E-state index contributed by atoms with van der Waals surface area (Å²) in [5, 5.41) is 17.6. The Hall–Kier alpha value is -1.93. The van der Waals surface area contributed by atoms with E-state index in [2.05, 4.69) is 21.0 Å². The largest absolute Gasteiger partial charge is 0.371 e. The van der Waals surface area contributed by atoms with Crippen LogP contribution in [-0.2, 0) is 5.41 Å². The molecule has 1 aliphatic carbocycles.